The van der Waals surface area contributed by atoms with Crippen molar-refractivity contribution >= 4 is 28.0 Å². The van der Waals surface area contributed by atoms with Crippen LogP contribution in [0.2, 0.25) is 0 Å². The first-order valence-electron chi connectivity index (χ1n) is 5.05. The van der Waals surface area contributed by atoms with Crippen LogP contribution < -0.4 is 11.1 Å². The lowest BCUT2D eigenvalue weighted by atomic mass is 9.99. The lowest BCUT2D eigenvalue weighted by Gasteiger charge is -2.04. The molecule has 3 N–H and O–H groups in total. The van der Waals surface area contributed by atoms with Crippen LogP contribution >= 0.6 is 11.3 Å². The molecular weight excluding hydrogens is 224 g/mol. The number of rotatable bonds is 3. The topological polar surface area (TPSA) is 72.2 Å². The molecule has 1 aromatic rings. The van der Waals surface area contributed by atoms with Crippen LogP contribution in [0.25, 0.3) is 0 Å². The van der Waals surface area contributed by atoms with Crippen molar-refractivity contribution in [2.24, 2.45) is 5.92 Å². The number of ketones is 1. The van der Waals surface area contributed by atoms with Crippen molar-refractivity contribution in [1.29, 1.82) is 0 Å². The van der Waals surface area contributed by atoms with Crippen LogP contribution in [0.3, 0.4) is 0 Å². The number of hydrogen-bond acceptors (Lipinski definition) is 4. The molecule has 0 spiro atoms. The summed E-state index contributed by atoms with van der Waals surface area (Å²) in [7, 11) is 1.56. The molecule has 4 nitrogen and oxygen atoms in total. The molecule has 1 heterocycles. The van der Waals surface area contributed by atoms with Crippen LogP contribution in [-0.4, -0.2) is 18.7 Å². The van der Waals surface area contributed by atoms with Gasteiger partial charge in [0.2, 0.25) is 0 Å². The highest BCUT2D eigenvalue weighted by molar-refractivity contribution is 7.18. The van der Waals surface area contributed by atoms with Gasteiger partial charge in [0, 0.05) is 13.0 Å². The number of amides is 1. The van der Waals surface area contributed by atoms with E-state index in [1.54, 1.807) is 14.0 Å². The minimum Gasteiger partial charge on any atom is -0.390 e. The Morgan fingerprint density at radius 1 is 1.38 bits per heavy atom. The van der Waals surface area contributed by atoms with Gasteiger partial charge < -0.3 is 11.1 Å². The van der Waals surface area contributed by atoms with E-state index in [0.717, 1.165) is 11.3 Å². The molecule has 88 valence electrons. The molecule has 0 aromatic carbocycles. The fourth-order valence-electron chi connectivity index (χ4n) is 1.46. The molecule has 0 radical (unpaired) electrons. The van der Waals surface area contributed by atoms with Gasteiger partial charge in [-0.25, -0.2) is 0 Å². The fraction of sp³-hybridized carbons (Fsp3) is 0.455. The van der Waals surface area contributed by atoms with Crippen LogP contribution in [0.15, 0.2) is 0 Å². The third-order valence-corrected chi connectivity index (χ3v) is 3.50. The summed E-state index contributed by atoms with van der Waals surface area (Å²) in [4.78, 5) is 23.9. The standard InChI is InChI=1S/C11H16N2O2S/c1-5(2)8(14)7-6(3)9(11(15)13-4)16-10(7)12/h5H,12H2,1-4H3,(H,13,15). The molecule has 0 aliphatic heterocycles. The summed E-state index contributed by atoms with van der Waals surface area (Å²) < 4.78 is 0. The van der Waals surface area contributed by atoms with Gasteiger partial charge in [0.05, 0.1) is 15.4 Å². The second-order valence-electron chi connectivity index (χ2n) is 3.89. The zero-order valence-electron chi connectivity index (χ0n) is 9.88. The Balaban J connectivity index is 3.27. The molecule has 5 heteroatoms. The maximum absolute atomic E-state index is 11.9. The van der Waals surface area contributed by atoms with E-state index in [4.69, 9.17) is 5.73 Å². The second-order valence-corrected chi connectivity index (χ2v) is 4.95. The number of thiophene rings is 1. The highest BCUT2D eigenvalue weighted by atomic mass is 32.1. The minimum absolute atomic E-state index is 0.0126. The third kappa shape index (κ3) is 2.09. The molecule has 1 aromatic heterocycles. The van der Waals surface area contributed by atoms with Gasteiger partial charge in [-0.2, -0.15) is 0 Å². The zero-order valence-corrected chi connectivity index (χ0v) is 10.7. The van der Waals surface area contributed by atoms with Gasteiger partial charge in [0.25, 0.3) is 5.91 Å². The predicted molar refractivity (Wildman–Crippen MR) is 66.0 cm³/mol. The van der Waals surface area contributed by atoms with Crippen molar-refractivity contribution in [3.63, 3.8) is 0 Å². The van der Waals surface area contributed by atoms with Gasteiger partial charge in [0.1, 0.15) is 0 Å². The van der Waals surface area contributed by atoms with Gasteiger partial charge in [-0.1, -0.05) is 13.8 Å². The van der Waals surface area contributed by atoms with Crippen LogP contribution in [0.1, 0.15) is 39.4 Å². The first kappa shape index (κ1) is 12.7. The monoisotopic (exact) mass is 240 g/mol. The summed E-state index contributed by atoms with van der Waals surface area (Å²) in [5.74, 6) is -0.327. The average Bonchev–Trinajstić information content (AvgIpc) is 2.52. The molecule has 0 saturated heterocycles. The van der Waals surface area contributed by atoms with Crippen LogP contribution in [-0.2, 0) is 0 Å². The number of nitrogen functional groups attached to an aromatic ring is 1. The molecule has 1 amide bonds. The van der Waals surface area contributed by atoms with E-state index in [1.165, 1.54) is 0 Å². The summed E-state index contributed by atoms with van der Waals surface area (Å²) in [6.45, 7) is 5.39. The summed E-state index contributed by atoms with van der Waals surface area (Å²) in [5.41, 5.74) is 6.97. The van der Waals surface area contributed by atoms with Crippen molar-refractivity contribution in [3.05, 3.63) is 16.0 Å². The molecular formula is C11H16N2O2S. The highest BCUT2D eigenvalue weighted by Gasteiger charge is 2.23. The zero-order chi connectivity index (χ0) is 12.5. The maximum atomic E-state index is 11.9. The van der Waals surface area contributed by atoms with E-state index in [9.17, 15) is 9.59 Å². The molecule has 0 fully saturated rings. The summed E-state index contributed by atoms with van der Waals surface area (Å²) in [6, 6.07) is 0. The maximum Gasteiger partial charge on any atom is 0.261 e. The quantitative estimate of drug-likeness (QED) is 0.792. The Morgan fingerprint density at radius 2 is 1.94 bits per heavy atom. The lowest BCUT2D eigenvalue weighted by molar-refractivity contribution is 0.0940. The number of nitrogens with one attached hydrogen (secondary N) is 1. The van der Waals surface area contributed by atoms with Gasteiger partial charge in [-0.05, 0) is 12.5 Å². The Bertz CT molecular complexity index is 435. The van der Waals surface area contributed by atoms with Crippen LogP contribution in [0, 0.1) is 12.8 Å². The van der Waals surface area contributed by atoms with E-state index < -0.39 is 0 Å². The van der Waals surface area contributed by atoms with E-state index >= 15 is 0 Å². The molecule has 0 unspecified atom stereocenters. The summed E-state index contributed by atoms with van der Waals surface area (Å²) in [6.07, 6.45) is 0. The molecule has 0 saturated carbocycles. The molecule has 0 aliphatic carbocycles. The molecule has 1 rings (SSSR count). The Labute approximate surface area is 98.8 Å². The predicted octanol–water partition coefficient (Wildman–Crippen LogP) is 1.84. The van der Waals surface area contributed by atoms with Gasteiger partial charge in [-0.15, -0.1) is 11.3 Å². The normalized spacial score (nSPS) is 10.6. The van der Waals surface area contributed by atoms with Gasteiger partial charge in [0.15, 0.2) is 5.78 Å². The summed E-state index contributed by atoms with van der Waals surface area (Å²) in [5, 5.41) is 2.96. The minimum atomic E-state index is -0.197. The molecule has 16 heavy (non-hydrogen) atoms. The van der Waals surface area contributed by atoms with Crippen LogP contribution in [0.5, 0.6) is 0 Å². The smallest absolute Gasteiger partial charge is 0.261 e. The van der Waals surface area contributed by atoms with Gasteiger partial charge in [-0.3, -0.25) is 9.59 Å². The molecule has 0 bridgehead atoms. The number of anilines is 1. The number of Topliss-reactive ketones (excluding diaryl/α,β-unsaturated/α-hetero) is 1. The Hall–Kier alpha value is -1.36. The van der Waals surface area contributed by atoms with Crippen molar-refractivity contribution in [2.45, 2.75) is 20.8 Å². The van der Waals surface area contributed by atoms with Crippen LogP contribution in [0.4, 0.5) is 5.00 Å². The Kier molecular flexibility index (Phi) is 3.70. The number of carbonyl (C=O) groups is 2. The van der Waals surface area contributed by atoms with Crippen molar-refractivity contribution in [2.75, 3.05) is 12.8 Å². The van der Waals surface area contributed by atoms with Crippen molar-refractivity contribution in [1.82, 2.24) is 5.32 Å². The first-order valence-corrected chi connectivity index (χ1v) is 5.87. The van der Waals surface area contributed by atoms with Crippen molar-refractivity contribution < 1.29 is 9.59 Å². The molecule has 0 aliphatic rings. The largest absolute Gasteiger partial charge is 0.390 e. The second kappa shape index (κ2) is 4.65. The fourth-order valence-corrected chi connectivity index (χ4v) is 2.49. The number of carbonyl (C=O) groups excluding carboxylic acids is 2. The number of nitrogens with two attached hydrogens (primary N) is 1. The van der Waals surface area contributed by atoms with Gasteiger partial charge >= 0.3 is 0 Å². The highest BCUT2D eigenvalue weighted by Crippen LogP contribution is 2.32. The van der Waals surface area contributed by atoms with E-state index in [-0.39, 0.29) is 17.6 Å². The number of hydrogen-bond donors (Lipinski definition) is 2. The van der Waals surface area contributed by atoms with E-state index in [0.29, 0.717) is 21.0 Å². The average molecular weight is 240 g/mol. The summed E-state index contributed by atoms with van der Waals surface area (Å²) >= 11 is 1.16. The first-order chi connectivity index (χ1) is 7.40. The van der Waals surface area contributed by atoms with E-state index in [2.05, 4.69) is 5.32 Å². The van der Waals surface area contributed by atoms with E-state index in [1.807, 2.05) is 13.8 Å². The SMILES string of the molecule is CNC(=O)c1sc(N)c(C(=O)C(C)C)c1C. The molecule has 0 atom stereocenters. The lowest BCUT2D eigenvalue weighted by Crippen LogP contribution is -2.18. The third-order valence-electron chi connectivity index (χ3n) is 2.38. The Morgan fingerprint density at radius 3 is 2.38 bits per heavy atom. The van der Waals surface area contributed by atoms with Crippen molar-refractivity contribution in [3.8, 4) is 0 Å².